The highest BCUT2D eigenvalue weighted by Gasteiger charge is 2.25. The molecule has 1 aromatic rings. The van der Waals surface area contributed by atoms with Crippen molar-refractivity contribution in [2.24, 2.45) is 5.92 Å². The van der Waals surface area contributed by atoms with Gasteiger partial charge in [-0.25, -0.2) is 0 Å². The van der Waals surface area contributed by atoms with Crippen molar-refractivity contribution in [2.75, 3.05) is 19.7 Å². The van der Waals surface area contributed by atoms with Crippen molar-refractivity contribution in [3.8, 4) is 11.8 Å². The third-order valence-electron chi connectivity index (χ3n) is 3.32. The zero-order valence-electron chi connectivity index (χ0n) is 10.6. The van der Waals surface area contributed by atoms with Crippen molar-refractivity contribution in [2.45, 2.75) is 26.0 Å². The predicted molar refractivity (Wildman–Crippen MR) is 73.3 cm³/mol. The van der Waals surface area contributed by atoms with E-state index in [1.807, 2.05) is 13.0 Å². The molecule has 2 atom stereocenters. The van der Waals surface area contributed by atoms with E-state index in [1.165, 1.54) is 4.88 Å². The van der Waals surface area contributed by atoms with Crippen molar-refractivity contribution in [3.05, 3.63) is 21.9 Å². The van der Waals surface area contributed by atoms with Crippen LogP contribution in [0, 0.1) is 17.8 Å². The van der Waals surface area contributed by atoms with Gasteiger partial charge < -0.3 is 10.2 Å². The highest BCUT2D eigenvalue weighted by atomic mass is 32.1. The summed E-state index contributed by atoms with van der Waals surface area (Å²) in [5.41, 5.74) is 0. The van der Waals surface area contributed by atoms with Gasteiger partial charge in [-0.15, -0.1) is 11.3 Å². The molecule has 0 saturated carbocycles. The van der Waals surface area contributed by atoms with Crippen molar-refractivity contribution < 1.29 is 10.2 Å². The second kappa shape index (κ2) is 6.35. The van der Waals surface area contributed by atoms with Gasteiger partial charge in [0.2, 0.25) is 0 Å². The fourth-order valence-corrected chi connectivity index (χ4v) is 3.20. The molecule has 2 N–H and O–H groups in total. The molecule has 0 amide bonds. The van der Waals surface area contributed by atoms with Gasteiger partial charge in [-0.3, -0.25) is 4.90 Å². The van der Waals surface area contributed by atoms with Gasteiger partial charge in [-0.1, -0.05) is 11.8 Å². The van der Waals surface area contributed by atoms with Gasteiger partial charge in [0.15, 0.2) is 0 Å². The minimum atomic E-state index is -0.204. The number of rotatable bonds is 3. The Kier molecular flexibility index (Phi) is 4.79. The number of nitrogens with zero attached hydrogens (tertiary/aromatic N) is 1. The van der Waals surface area contributed by atoms with E-state index >= 15 is 0 Å². The van der Waals surface area contributed by atoms with Gasteiger partial charge >= 0.3 is 0 Å². The second-order valence-electron chi connectivity index (χ2n) is 4.75. The van der Waals surface area contributed by atoms with Crippen LogP contribution in [0.15, 0.2) is 12.1 Å². The van der Waals surface area contributed by atoms with Crippen LogP contribution in [0.1, 0.15) is 23.1 Å². The van der Waals surface area contributed by atoms with Crippen LogP contribution in [-0.2, 0) is 6.54 Å². The minimum absolute atomic E-state index is 0.0879. The molecule has 1 aliphatic rings. The summed E-state index contributed by atoms with van der Waals surface area (Å²) >= 11 is 1.68. The summed E-state index contributed by atoms with van der Waals surface area (Å²) < 4.78 is 0. The smallest absolute Gasteiger partial charge is 0.104 e. The molecule has 0 spiro atoms. The summed E-state index contributed by atoms with van der Waals surface area (Å²) in [6.07, 6.45) is 0.879. The van der Waals surface area contributed by atoms with E-state index in [4.69, 9.17) is 5.11 Å². The quantitative estimate of drug-likeness (QED) is 0.810. The third-order valence-corrected chi connectivity index (χ3v) is 4.31. The summed E-state index contributed by atoms with van der Waals surface area (Å²) in [6.45, 7) is 4.77. The zero-order valence-corrected chi connectivity index (χ0v) is 11.4. The van der Waals surface area contributed by atoms with Crippen LogP contribution in [0.4, 0.5) is 0 Å². The molecule has 1 fully saturated rings. The SMILES string of the molecule is CC(O)C1CCN(Cc2ccc(C#CCO)s2)C1. The first-order valence-corrected chi connectivity index (χ1v) is 7.09. The van der Waals surface area contributed by atoms with Gasteiger partial charge in [0, 0.05) is 18.0 Å². The molecule has 0 bridgehead atoms. The molecule has 2 heterocycles. The molecule has 3 nitrogen and oxygen atoms in total. The summed E-state index contributed by atoms with van der Waals surface area (Å²) in [6, 6.07) is 4.10. The largest absolute Gasteiger partial charge is 0.393 e. The molecule has 0 aliphatic carbocycles. The lowest BCUT2D eigenvalue weighted by Gasteiger charge is -2.16. The number of aliphatic hydroxyl groups is 2. The van der Waals surface area contributed by atoms with Crippen LogP contribution in [0.5, 0.6) is 0 Å². The summed E-state index contributed by atoms with van der Waals surface area (Å²) in [4.78, 5) is 4.68. The fourth-order valence-electron chi connectivity index (χ4n) is 2.28. The number of hydrogen-bond acceptors (Lipinski definition) is 4. The summed E-state index contributed by atoms with van der Waals surface area (Å²) in [5, 5.41) is 18.2. The lowest BCUT2D eigenvalue weighted by molar-refractivity contribution is 0.127. The monoisotopic (exact) mass is 265 g/mol. The Morgan fingerprint density at radius 3 is 3.06 bits per heavy atom. The van der Waals surface area contributed by atoms with Gasteiger partial charge in [0.05, 0.1) is 11.0 Å². The standard InChI is InChI=1S/C14H19NO2S/c1-11(17)12-6-7-15(9-12)10-14-5-4-13(18-14)3-2-8-16/h4-5,11-12,16-17H,6-10H2,1H3. The Hall–Kier alpha value is -0.860. The maximum atomic E-state index is 9.57. The Bertz CT molecular complexity index is 444. The average Bonchev–Trinajstić information content (AvgIpc) is 2.96. The van der Waals surface area contributed by atoms with Crippen LogP contribution in [0.3, 0.4) is 0 Å². The molecule has 18 heavy (non-hydrogen) atoms. The van der Waals surface area contributed by atoms with Gasteiger partial charge in [-0.05, 0) is 37.9 Å². The lowest BCUT2D eigenvalue weighted by Crippen LogP contribution is -2.23. The molecule has 1 saturated heterocycles. The van der Waals surface area contributed by atoms with Gasteiger partial charge in [-0.2, -0.15) is 0 Å². The van der Waals surface area contributed by atoms with E-state index in [9.17, 15) is 5.11 Å². The lowest BCUT2D eigenvalue weighted by atomic mass is 10.0. The highest BCUT2D eigenvalue weighted by Crippen LogP contribution is 2.24. The molecule has 1 aliphatic heterocycles. The van der Waals surface area contributed by atoms with E-state index in [0.29, 0.717) is 5.92 Å². The number of hydrogen-bond donors (Lipinski definition) is 2. The Morgan fingerprint density at radius 1 is 1.56 bits per heavy atom. The van der Waals surface area contributed by atoms with E-state index in [0.717, 1.165) is 30.9 Å². The van der Waals surface area contributed by atoms with Crippen LogP contribution in [-0.4, -0.2) is 40.9 Å². The maximum Gasteiger partial charge on any atom is 0.104 e. The normalized spacial score (nSPS) is 21.6. The first kappa shape index (κ1) is 13.6. The number of aliphatic hydroxyl groups excluding tert-OH is 2. The first-order chi connectivity index (χ1) is 8.69. The van der Waals surface area contributed by atoms with Crippen LogP contribution in [0.2, 0.25) is 0 Å². The Morgan fingerprint density at radius 2 is 2.39 bits per heavy atom. The molecule has 98 valence electrons. The van der Waals surface area contributed by atoms with Gasteiger partial charge in [0.1, 0.15) is 6.61 Å². The first-order valence-electron chi connectivity index (χ1n) is 6.28. The van der Waals surface area contributed by atoms with Gasteiger partial charge in [0.25, 0.3) is 0 Å². The number of likely N-dealkylation sites (tertiary alicyclic amines) is 1. The van der Waals surface area contributed by atoms with E-state index in [1.54, 1.807) is 11.3 Å². The van der Waals surface area contributed by atoms with Crippen LogP contribution in [0.25, 0.3) is 0 Å². The highest BCUT2D eigenvalue weighted by molar-refractivity contribution is 7.12. The Balaban J connectivity index is 1.89. The van der Waals surface area contributed by atoms with Crippen molar-refractivity contribution >= 4 is 11.3 Å². The van der Waals surface area contributed by atoms with E-state index in [2.05, 4.69) is 22.8 Å². The second-order valence-corrected chi connectivity index (χ2v) is 5.92. The van der Waals surface area contributed by atoms with Crippen molar-refractivity contribution in [1.29, 1.82) is 0 Å². The molecular formula is C14H19NO2S. The van der Waals surface area contributed by atoms with E-state index in [-0.39, 0.29) is 12.7 Å². The molecule has 0 radical (unpaired) electrons. The molecule has 2 rings (SSSR count). The third kappa shape index (κ3) is 3.56. The summed E-state index contributed by atoms with van der Waals surface area (Å²) in [5.74, 6) is 6.00. The topological polar surface area (TPSA) is 43.7 Å². The fraction of sp³-hybridized carbons (Fsp3) is 0.571. The summed E-state index contributed by atoms with van der Waals surface area (Å²) in [7, 11) is 0. The van der Waals surface area contributed by atoms with Crippen LogP contribution >= 0.6 is 11.3 Å². The molecule has 2 unspecified atom stereocenters. The zero-order chi connectivity index (χ0) is 13.0. The molecule has 4 heteroatoms. The molecule has 0 aromatic carbocycles. The Labute approximate surface area is 112 Å². The minimum Gasteiger partial charge on any atom is -0.393 e. The van der Waals surface area contributed by atoms with E-state index < -0.39 is 0 Å². The van der Waals surface area contributed by atoms with Crippen molar-refractivity contribution in [3.63, 3.8) is 0 Å². The van der Waals surface area contributed by atoms with Crippen LogP contribution < -0.4 is 0 Å². The number of thiophene rings is 1. The predicted octanol–water partition coefficient (Wildman–Crippen LogP) is 1.29. The van der Waals surface area contributed by atoms with Crippen molar-refractivity contribution in [1.82, 2.24) is 4.90 Å². The maximum absolute atomic E-state index is 9.57. The average molecular weight is 265 g/mol. The molecular weight excluding hydrogens is 246 g/mol. The molecule has 1 aromatic heterocycles.